The second kappa shape index (κ2) is 6.17. The zero-order valence-electron chi connectivity index (χ0n) is 11.7. The Morgan fingerprint density at radius 1 is 1.14 bits per heavy atom. The number of phenols is 2. The van der Waals surface area contributed by atoms with E-state index < -0.39 is 0 Å². The van der Waals surface area contributed by atoms with E-state index in [1.165, 1.54) is 12.1 Å². The predicted molar refractivity (Wildman–Crippen MR) is 81.1 cm³/mol. The van der Waals surface area contributed by atoms with Crippen molar-refractivity contribution < 1.29 is 15.0 Å². The Kier molecular flexibility index (Phi) is 4.33. The second-order valence-corrected chi connectivity index (χ2v) is 4.92. The molecule has 0 radical (unpaired) electrons. The summed E-state index contributed by atoms with van der Waals surface area (Å²) < 4.78 is 0. The number of aromatic hydroxyl groups is 2. The van der Waals surface area contributed by atoms with Crippen molar-refractivity contribution in [3.8, 4) is 11.5 Å². The molecule has 110 valence electrons. The van der Waals surface area contributed by atoms with Gasteiger partial charge in [-0.25, -0.2) is 0 Å². The number of benzene rings is 2. The van der Waals surface area contributed by atoms with Gasteiger partial charge in [-0.3, -0.25) is 4.79 Å². The Hall–Kier alpha value is -2.69. The zero-order valence-corrected chi connectivity index (χ0v) is 11.7. The molecule has 0 heterocycles. The first-order valence-electron chi connectivity index (χ1n) is 6.62. The van der Waals surface area contributed by atoms with Gasteiger partial charge < -0.3 is 21.3 Å². The lowest BCUT2D eigenvalue weighted by Gasteiger charge is -2.18. The lowest BCUT2D eigenvalue weighted by atomic mass is 10.1. The van der Waals surface area contributed by atoms with Gasteiger partial charge in [-0.2, -0.15) is 0 Å². The fourth-order valence-electron chi connectivity index (χ4n) is 2.23. The third-order valence-electron chi connectivity index (χ3n) is 3.21. The molecule has 0 aromatic heterocycles. The summed E-state index contributed by atoms with van der Waals surface area (Å²) in [5.74, 6) is -0.288. The number of hydrogen-bond donors (Lipinski definition) is 4. The van der Waals surface area contributed by atoms with E-state index in [1.54, 1.807) is 6.07 Å². The maximum atomic E-state index is 10.8. The van der Waals surface area contributed by atoms with E-state index >= 15 is 0 Å². The largest absolute Gasteiger partial charge is 0.507 e. The number of rotatable bonds is 5. The summed E-state index contributed by atoms with van der Waals surface area (Å²) >= 11 is 0. The third kappa shape index (κ3) is 3.66. The summed E-state index contributed by atoms with van der Waals surface area (Å²) in [5, 5.41) is 22.8. The number of nitrogens with two attached hydrogens (primary N) is 1. The number of nitrogens with one attached hydrogen (secondary N) is 1. The molecule has 0 aliphatic rings. The summed E-state index contributed by atoms with van der Waals surface area (Å²) in [4.78, 5) is 10.8. The maximum absolute atomic E-state index is 10.8. The van der Waals surface area contributed by atoms with Crippen LogP contribution in [0.4, 0.5) is 5.69 Å². The van der Waals surface area contributed by atoms with Crippen LogP contribution in [0.25, 0.3) is 0 Å². The molecule has 0 saturated carbocycles. The van der Waals surface area contributed by atoms with Crippen molar-refractivity contribution in [1.82, 2.24) is 0 Å². The number of hydrogen-bond acceptors (Lipinski definition) is 4. The molecule has 5 heteroatoms. The van der Waals surface area contributed by atoms with Gasteiger partial charge in [0.1, 0.15) is 11.5 Å². The van der Waals surface area contributed by atoms with Crippen LogP contribution in [0, 0.1) is 0 Å². The molecule has 21 heavy (non-hydrogen) atoms. The van der Waals surface area contributed by atoms with Gasteiger partial charge in [-0.05, 0) is 36.8 Å². The fourth-order valence-corrected chi connectivity index (χ4v) is 2.23. The molecule has 0 aliphatic heterocycles. The molecule has 0 bridgehead atoms. The van der Waals surface area contributed by atoms with Crippen molar-refractivity contribution in [2.45, 2.75) is 19.4 Å². The number of carbonyl (C=O) groups is 1. The van der Waals surface area contributed by atoms with Crippen LogP contribution in [-0.2, 0) is 11.2 Å². The second-order valence-electron chi connectivity index (χ2n) is 4.92. The minimum Gasteiger partial charge on any atom is -0.507 e. The highest BCUT2D eigenvalue weighted by Gasteiger charge is 2.14. The van der Waals surface area contributed by atoms with Crippen molar-refractivity contribution in [2.75, 3.05) is 5.32 Å². The molecule has 2 rings (SSSR count). The van der Waals surface area contributed by atoms with E-state index in [9.17, 15) is 15.0 Å². The van der Waals surface area contributed by atoms with E-state index in [1.807, 2.05) is 31.2 Å². The van der Waals surface area contributed by atoms with Crippen LogP contribution in [0.3, 0.4) is 0 Å². The van der Waals surface area contributed by atoms with Gasteiger partial charge in [-0.1, -0.05) is 18.2 Å². The number of carbonyl (C=O) groups excluding carboxylic acids is 1. The highest BCUT2D eigenvalue weighted by atomic mass is 16.3. The van der Waals surface area contributed by atoms with Crippen molar-refractivity contribution in [1.29, 1.82) is 0 Å². The molecular weight excluding hydrogens is 268 g/mol. The van der Waals surface area contributed by atoms with Gasteiger partial charge in [0.15, 0.2) is 0 Å². The highest BCUT2D eigenvalue weighted by Crippen LogP contribution is 2.34. The van der Waals surface area contributed by atoms with Crippen molar-refractivity contribution >= 4 is 11.6 Å². The summed E-state index contributed by atoms with van der Waals surface area (Å²) in [7, 11) is 0. The van der Waals surface area contributed by atoms with Crippen LogP contribution in [0.5, 0.6) is 11.5 Å². The fraction of sp³-hybridized carbons (Fsp3) is 0.188. The van der Waals surface area contributed by atoms with Gasteiger partial charge in [0.2, 0.25) is 5.91 Å². The summed E-state index contributed by atoms with van der Waals surface area (Å²) in [6.07, 6.45) is 0.204. The molecule has 1 amide bonds. The molecule has 0 spiro atoms. The van der Waals surface area contributed by atoms with Crippen molar-refractivity contribution in [2.24, 2.45) is 5.73 Å². The van der Waals surface area contributed by atoms with Crippen LogP contribution in [0.1, 0.15) is 24.1 Å². The maximum Gasteiger partial charge on any atom is 0.221 e. The molecule has 5 N–H and O–H groups in total. The first-order valence-corrected chi connectivity index (χ1v) is 6.62. The van der Waals surface area contributed by atoms with E-state index in [4.69, 9.17) is 5.73 Å². The molecule has 0 fully saturated rings. The molecule has 0 aliphatic carbocycles. The molecule has 2 aromatic rings. The van der Waals surface area contributed by atoms with E-state index in [-0.39, 0.29) is 29.9 Å². The van der Waals surface area contributed by atoms with Gasteiger partial charge in [-0.15, -0.1) is 0 Å². The first-order chi connectivity index (χ1) is 9.97. The lowest BCUT2D eigenvalue weighted by Crippen LogP contribution is -2.13. The average molecular weight is 286 g/mol. The summed E-state index contributed by atoms with van der Waals surface area (Å²) in [6.45, 7) is 1.84. The topological polar surface area (TPSA) is 95.6 Å². The van der Waals surface area contributed by atoms with E-state index in [2.05, 4.69) is 5.32 Å². The monoisotopic (exact) mass is 286 g/mol. The SMILES string of the molecule is CC(Nc1ccc(CC(N)=O)cc1)c1c(O)cccc1O. The van der Waals surface area contributed by atoms with Crippen LogP contribution < -0.4 is 11.1 Å². The molecule has 1 atom stereocenters. The first kappa shape index (κ1) is 14.7. The van der Waals surface area contributed by atoms with Gasteiger partial charge in [0.25, 0.3) is 0 Å². The predicted octanol–water partition coefficient (Wildman–Crippen LogP) is 2.30. The molecule has 1 unspecified atom stereocenters. The number of anilines is 1. The Bertz CT molecular complexity index is 618. The van der Waals surface area contributed by atoms with E-state index in [0.717, 1.165) is 11.3 Å². The summed E-state index contributed by atoms with van der Waals surface area (Å²) in [6, 6.07) is 11.6. The quantitative estimate of drug-likeness (QED) is 0.678. The Balaban J connectivity index is 2.12. The average Bonchev–Trinajstić information content (AvgIpc) is 2.40. The van der Waals surface area contributed by atoms with Crippen molar-refractivity contribution in [3.63, 3.8) is 0 Å². The molecular formula is C16H18N2O3. The normalized spacial score (nSPS) is 11.9. The smallest absolute Gasteiger partial charge is 0.221 e. The molecule has 5 nitrogen and oxygen atoms in total. The Labute approximate surface area is 123 Å². The standard InChI is InChI=1S/C16H18N2O3/c1-10(16-13(19)3-2-4-14(16)20)18-12-7-5-11(6-8-12)9-15(17)21/h2-8,10,18-20H,9H2,1H3,(H2,17,21). The Morgan fingerprint density at radius 2 is 1.71 bits per heavy atom. The Morgan fingerprint density at radius 3 is 2.24 bits per heavy atom. The van der Waals surface area contributed by atoms with Gasteiger partial charge in [0.05, 0.1) is 18.0 Å². The van der Waals surface area contributed by atoms with Crippen LogP contribution in [-0.4, -0.2) is 16.1 Å². The minimum atomic E-state index is -0.372. The number of amides is 1. The van der Waals surface area contributed by atoms with Crippen LogP contribution in [0.15, 0.2) is 42.5 Å². The molecule has 2 aromatic carbocycles. The number of phenolic OH excluding ortho intramolecular Hbond substituents is 2. The van der Waals surface area contributed by atoms with E-state index in [0.29, 0.717) is 5.56 Å². The van der Waals surface area contributed by atoms with Gasteiger partial charge >= 0.3 is 0 Å². The zero-order chi connectivity index (χ0) is 15.4. The summed E-state index contributed by atoms with van der Waals surface area (Å²) in [5.41, 5.74) is 7.24. The molecule has 0 saturated heterocycles. The number of primary amides is 1. The third-order valence-corrected chi connectivity index (χ3v) is 3.21. The lowest BCUT2D eigenvalue weighted by molar-refractivity contribution is -0.117. The van der Waals surface area contributed by atoms with Gasteiger partial charge in [0, 0.05) is 5.69 Å². The minimum absolute atomic E-state index is 0.0420. The van der Waals surface area contributed by atoms with Crippen LogP contribution in [0.2, 0.25) is 0 Å². The highest BCUT2D eigenvalue weighted by molar-refractivity contribution is 5.76. The van der Waals surface area contributed by atoms with Crippen LogP contribution >= 0.6 is 0 Å². The van der Waals surface area contributed by atoms with Crippen molar-refractivity contribution in [3.05, 3.63) is 53.6 Å².